The van der Waals surface area contributed by atoms with Gasteiger partial charge >= 0.3 is 0 Å². The number of hydrogen-bond acceptors (Lipinski definition) is 5. The van der Waals surface area contributed by atoms with Crippen molar-refractivity contribution in [1.82, 2.24) is 0 Å². The highest BCUT2D eigenvalue weighted by Gasteiger charge is 2.24. The first-order chi connectivity index (χ1) is 14.5. The van der Waals surface area contributed by atoms with Gasteiger partial charge in [0.25, 0.3) is 11.6 Å². The van der Waals surface area contributed by atoms with Crippen LogP contribution in [0.5, 0.6) is 0 Å². The molecule has 0 saturated carbocycles. The van der Waals surface area contributed by atoms with Gasteiger partial charge in [-0.25, -0.2) is 0 Å². The number of rotatable bonds is 5. The number of carbonyl (C=O) groups excluding carboxylic acids is 1. The van der Waals surface area contributed by atoms with Crippen molar-refractivity contribution in [2.75, 3.05) is 41.3 Å². The van der Waals surface area contributed by atoms with Gasteiger partial charge in [0.1, 0.15) is 5.69 Å². The van der Waals surface area contributed by atoms with Crippen molar-refractivity contribution in [2.45, 2.75) is 32.6 Å². The second-order valence-electron chi connectivity index (χ2n) is 8.33. The van der Waals surface area contributed by atoms with Crippen molar-refractivity contribution in [2.24, 2.45) is 5.92 Å². The molecule has 1 amide bonds. The summed E-state index contributed by atoms with van der Waals surface area (Å²) in [5.41, 5.74) is 2.71. The lowest BCUT2D eigenvalue weighted by Gasteiger charge is -2.32. The molecule has 2 heterocycles. The zero-order valence-electron chi connectivity index (χ0n) is 17.3. The summed E-state index contributed by atoms with van der Waals surface area (Å²) in [6, 6.07) is 12.6. The van der Waals surface area contributed by atoms with Gasteiger partial charge in [0.15, 0.2) is 0 Å². The average molecular weight is 409 g/mol. The molecule has 0 bridgehead atoms. The highest BCUT2D eigenvalue weighted by Crippen LogP contribution is 2.32. The number of hydrogen-bond donors (Lipinski definition) is 1. The van der Waals surface area contributed by atoms with Crippen molar-refractivity contribution in [3.8, 4) is 0 Å². The maximum atomic E-state index is 12.7. The summed E-state index contributed by atoms with van der Waals surface area (Å²) in [5, 5.41) is 14.4. The van der Waals surface area contributed by atoms with Crippen LogP contribution in [0.2, 0.25) is 0 Å². The van der Waals surface area contributed by atoms with Crippen molar-refractivity contribution >= 4 is 28.7 Å². The molecule has 2 fully saturated rings. The minimum atomic E-state index is -0.404. The van der Waals surface area contributed by atoms with Crippen LogP contribution < -0.4 is 15.1 Å². The molecule has 0 radical (unpaired) electrons. The first-order valence-electron chi connectivity index (χ1n) is 10.7. The van der Waals surface area contributed by atoms with Gasteiger partial charge in [-0.3, -0.25) is 14.9 Å². The van der Waals surface area contributed by atoms with Gasteiger partial charge in [-0.2, -0.15) is 0 Å². The van der Waals surface area contributed by atoms with E-state index in [4.69, 9.17) is 0 Å². The van der Waals surface area contributed by atoms with Crippen LogP contribution in [0.15, 0.2) is 42.5 Å². The predicted octanol–water partition coefficient (Wildman–Crippen LogP) is 4.68. The molecule has 7 nitrogen and oxygen atoms in total. The minimum absolute atomic E-state index is 0.0146. The van der Waals surface area contributed by atoms with Crippen molar-refractivity contribution in [3.05, 3.63) is 58.1 Å². The van der Waals surface area contributed by atoms with Crippen LogP contribution in [0, 0.1) is 16.0 Å². The third-order valence-electron chi connectivity index (χ3n) is 6.16. The molecule has 0 aromatic heterocycles. The van der Waals surface area contributed by atoms with E-state index in [1.165, 1.54) is 18.9 Å². The molecule has 0 unspecified atom stereocenters. The summed E-state index contributed by atoms with van der Waals surface area (Å²) < 4.78 is 0. The lowest BCUT2D eigenvalue weighted by Crippen LogP contribution is -2.32. The first-order valence-corrected chi connectivity index (χ1v) is 10.7. The van der Waals surface area contributed by atoms with E-state index in [0.717, 1.165) is 50.6 Å². The molecule has 0 aliphatic carbocycles. The summed E-state index contributed by atoms with van der Waals surface area (Å²) in [6.07, 6.45) is 4.47. The van der Waals surface area contributed by atoms with Crippen molar-refractivity contribution in [1.29, 1.82) is 0 Å². The first kappa shape index (κ1) is 20.2. The number of anilines is 3. The fourth-order valence-electron chi connectivity index (χ4n) is 4.26. The Kier molecular flexibility index (Phi) is 5.88. The minimum Gasteiger partial charge on any atom is -0.372 e. The van der Waals surface area contributed by atoms with Crippen LogP contribution in [-0.4, -0.2) is 37.0 Å². The largest absolute Gasteiger partial charge is 0.372 e. The molecule has 0 spiro atoms. The Morgan fingerprint density at radius 1 is 1.00 bits per heavy atom. The number of nitrogens with one attached hydrogen (secondary N) is 1. The molecule has 7 heteroatoms. The normalized spacial score (nSPS) is 17.2. The van der Waals surface area contributed by atoms with Crippen molar-refractivity contribution in [3.63, 3.8) is 0 Å². The molecular formula is C23H28N4O3. The van der Waals surface area contributed by atoms with E-state index in [0.29, 0.717) is 16.9 Å². The third kappa shape index (κ3) is 4.40. The van der Waals surface area contributed by atoms with E-state index < -0.39 is 4.92 Å². The number of amides is 1. The number of nitro groups is 1. The van der Waals surface area contributed by atoms with Crippen LogP contribution in [0.4, 0.5) is 22.7 Å². The Labute approximate surface area is 176 Å². The Bertz CT molecular complexity index is 915. The number of carbonyl (C=O) groups is 1. The van der Waals surface area contributed by atoms with E-state index in [1.807, 2.05) is 29.2 Å². The second-order valence-corrected chi connectivity index (χ2v) is 8.33. The SMILES string of the molecule is CC1CCN(c2ccc(NC(=O)c3ccc(N4CCCC4)c([N+](=O)[O-])c3)cc2)CC1. The molecule has 1 N–H and O–H groups in total. The fraction of sp³-hybridized carbons (Fsp3) is 0.435. The molecule has 30 heavy (non-hydrogen) atoms. The van der Waals surface area contributed by atoms with Crippen LogP contribution >= 0.6 is 0 Å². The van der Waals surface area contributed by atoms with E-state index in [2.05, 4.69) is 17.1 Å². The van der Waals surface area contributed by atoms with Crippen LogP contribution in [0.1, 0.15) is 43.0 Å². The smallest absolute Gasteiger partial charge is 0.293 e. The van der Waals surface area contributed by atoms with Crippen LogP contribution in [-0.2, 0) is 0 Å². The van der Waals surface area contributed by atoms with Gasteiger partial charge in [-0.05, 0) is 68.0 Å². The second kappa shape index (κ2) is 8.73. The topological polar surface area (TPSA) is 78.7 Å². The van der Waals surface area contributed by atoms with Gasteiger partial charge < -0.3 is 15.1 Å². The summed E-state index contributed by atoms with van der Waals surface area (Å²) >= 11 is 0. The predicted molar refractivity (Wildman–Crippen MR) is 120 cm³/mol. The lowest BCUT2D eigenvalue weighted by atomic mass is 9.99. The van der Waals surface area contributed by atoms with Gasteiger partial charge in [0, 0.05) is 49.2 Å². The standard InChI is InChI=1S/C23H28N4O3/c1-17-10-14-25(15-11-17)20-7-5-19(6-8-20)24-23(28)18-4-9-21(22(16-18)27(29)30)26-12-2-3-13-26/h4-9,16-17H,2-3,10-15H2,1H3,(H,24,28). The quantitative estimate of drug-likeness (QED) is 0.574. The number of benzene rings is 2. The van der Waals surface area contributed by atoms with Gasteiger partial charge in [0.05, 0.1) is 4.92 Å². The molecule has 2 aliphatic heterocycles. The molecule has 0 atom stereocenters. The zero-order chi connectivity index (χ0) is 21.1. The zero-order valence-corrected chi connectivity index (χ0v) is 17.3. The Balaban J connectivity index is 1.45. The summed E-state index contributed by atoms with van der Waals surface area (Å²) in [6.45, 7) is 6.03. The van der Waals surface area contributed by atoms with Gasteiger partial charge in [-0.15, -0.1) is 0 Å². The molecule has 2 aromatic carbocycles. The summed E-state index contributed by atoms with van der Waals surface area (Å²) in [5.74, 6) is 0.436. The van der Waals surface area contributed by atoms with E-state index >= 15 is 0 Å². The maximum absolute atomic E-state index is 12.7. The highest BCUT2D eigenvalue weighted by molar-refractivity contribution is 6.05. The van der Waals surface area contributed by atoms with Crippen LogP contribution in [0.3, 0.4) is 0 Å². The van der Waals surface area contributed by atoms with Crippen LogP contribution in [0.25, 0.3) is 0 Å². The Morgan fingerprint density at radius 2 is 1.67 bits per heavy atom. The number of piperidine rings is 1. The van der Waals surface area contributed by atoms with Crippen molar-refractivity contribution < 1.29 is 9.72 Å². The molecule has 158 valence electrons. The molecular weight excluding hydrogens is 380 g/mol. The van der Waals surface area contributed by atoms with Gasteiger partial charge in [-0.1, -0.05) is 6.92 Å². The average Bonchev–Trinajstić information content (AvgIpc) is 3.29. The van der Waals surface area contributed by atoms with E-state index in [9.17, 15) is 14.9 Å². The fourth-order valence-corrected chi connectivity index (χ4v) is 4.26. The monoisotopic (exact) mass is 408 g/mol. The summed E-state index contributed by atoms with van der Waals surface area (Å²) in [4.78, 5) is 28.2. The molecule has 2 aliphatic rings. The van der Waals surface area contributed by atoms with E-state index in [1.54, 1.807) is 12.1 Å². The van der Waals surface area contributed by atoms with E-state index in [-0.39, 0.29) is 11.6 Å². The Morgan fingerprint density at radius 3 is 2.30 bits per heavy atom. The third-order valence-corrected chi connectivity index (χ3v) is 6.16. The highest BCUT2D eigenvalue weighted by atomic mass is 16.6. The molecule has 4 rings (SSSR count). The lowest BCUT2D eigenvalue weighted by molar-refractivity contribution is -0.384. The molecule has 2 aromatic rings. The number of nitrogens with zero attached hydrogens (tertiary/aromatic N) is 3. The van der Waals surface area contributed by atoms with Gasteiger partial charge in [0.2, 0.25) is 0 Å². The maximum Gasteiger partial charge on any atom is 0.293 e. The summed E-state index contributed by atoms with van der Waals surface area (Å²) in [7, 11) is 0. The number of nitro benzene ring substituents is 1. The molecule has 2 saturated heterocycles. The Hall–Kier alpha value is -3.09.